The van der Waals surface area contributed by atoms with Crippen molar-refractivity contribution in [1.29, 1.82) is 0 Å². The summed E-state index contributed by atoms with van der Waals surface area (Å²) >= 11 is 5.77. The lowest BCUT2D eigenvalue weighted by Gasteiger charge is -2.07. The molecule has 4 nitrogen and oxygen atoms in total. The number of sulfone groups is 1. The van der Waals surface area contributed by atoms with Crippen molar-refractivity contribution in [2.45, 2.75) is 5.75 Å². The van der Waals surface area contributed by atoms with Crippen molar-refractivity contribution in [2.24, 2.45) is 0 Å². The van der Waals surface area contributed by atoms with Gasteiger partial charge < -0.3 is 10.5 Å². The highest BCUT2D eigenvalue weighted by Crippen LogP contribution is 2.20. The molecule has 0 spiro atoms. The molecule has 0 fully saturated rings. The molecule has 1 aromatic rings. The van der Waals surface area contributed by atoms with Gasteiger partial charge in [0.2, 0.25) is 0 Å². The maximum atomic E-state index is 11.6. The number of nitrogens with two attached hydrogens (primary N) is 1. The molecule has 6 heteroatoms. The van der Waals surface area contributed by atoms with Gasteiger partial charge in [0.15, 0.2) is 9.84 Å². The quantitative estimate of drug-likeness (QED) is 0.817. The predicted molar refractivity (Wildman–Crippen MR) is 65.2 cm³/mol. The molecule has 0 heterocycles. The zero-order chi connectivity index (χ0) is 12.2. The fourth-order valence-corrected chi connectivity index (χ4v) is 2.70. The number of anilines is 1. The number of hydrogen-bond donors (Lipinski definition) is 1. The Morgan fingerprint density at radius 3 is 2.75 bits per heavy atom. The third-order valence-electron chi connectivity index (χ3n) is 2.08. The molecule has 0 saturated carbocycles. The fraction of sp³-hybridized carbons (Fsp3) is 0.400. The molecule has 1 aromatic carbocycles. The fourth-order valence-electron chi connectivity index (χ4n) is 1.22. The topological polar surface area (TPSA) is 69.4 Å². The van der Waals surface area contributed by atoms with E-state index in [9.17, 15) is 8.42 Å². The van der Waals surface area contributed by atoms with Gasteiger partial charge in [-0.3, -0.25) is 0 Å². The van der Waals surface area contributed by atoms with E-state index < -0.39 is 9.84 Å². The SMILES string of the molecule is COCCS(=O)(=O)Cc1cc(Cl)ccc1N. The van der Waals surface area contributed by atoms with Crippen molar-refractivity contribution >= 4 is 27.1 Å². The van der Waals surface area contributed by atoms with Gasteiger partial charge in [-0.2, -0.15) is 0 Å². The van der Waals surface area contributed by atoms with Crippen LogP contribution in [0.2, 0.25) is 5.02 Å². The van der Waals surface area contributed by atoms with E-state index in [-0.39, 0.29) is 18.1 Å². The number of rotatable bonds is 5. The summed E-state index contributed by atoms with van der Waals surface area (Å²) in [6, 6.07) is 4.80. The Kier molecular flexibility index (Phi) is 4.58. The number of benzene rings is 1. The molecule has 0 amide bonds. The van der Waals surface area contributed by atoms with Gasteiger partial charge in [0.05, 0.1) is 18.1 Å². The van der Waals surface area contributed by atoms with Crippen LogP contribution in [0.3, 0.4) is 0 Å². The maximum absolute atomic E-state index is 11.6. The second-order valence-electron chi connectivity index (χ2n) is 3.43. The smallest absolute Gasteiger partial charge is 0.156 e. The molecule has 0 radical (unpaired) electrons. The van der Waals surface area contributed by atoms with Crippen LogP contribution in [0.1, 0.15) is 5.56 Å². The van der Waals surface area contributed by atoms with Crippen LogP contribution in [-0.2, 0) is 20.3 Å². The molecule has 16 heavy (non-hydrogen) atoms. The average molecular weight is 264 g/mol. The summed E-state index contributed by atoms with van der Waals surface area (Å²) in [5.74, 6) is -0.127. The minimum atomic E-state index is -3.20. The number of methoxy groups -OCH3 is 1. The molecule has 0 aliphatic heterocycles. The van der Waals surface area contributed by atoms with E-state index in [0.717, 1.165) is 0 Å². The van der Waals surface area contributed by atoms with Crippen LogP contribution < -0.4 is 5.73 Å². The average Bonchev–Trinajstić information content (AvgIpc) is 2.20. The van der Waals surface area contributed by atoms with Crippen LogP contribution in [0.4, 0.5) is 5.69 Å². The highest BCUT2D eigenvalue weighted by atomic mass is 35.5. The van der Waals surface area contributed by atoms with E-state index >= 15 is 0 Å². The molecule has 1 rings (SSSR count). The molecule has 0 aliphatic carbocycles. The predicted octanol–water partition coefficient (Wildman–Crippen LogP) is 1.48. The molecule has 0 bridgehead atoms. The Morgan fingerprint density at radius 2 is 2.12 bits per heavy atom. The van der Waals surface area contributed by atoms with E-state index in [1.165, 1.54) is 7.11 Å². The Bertz CT molecular complexity index is 459. The second-order valence-corrected chi connectivity index (χ2v) is 6.05. The first kappa shape index (κ1) is 13.3. The number of nitrogen functional groups attached to an aromatic ring is 1. The van der Waals surface area contributed by atoms with Crippen LogP contribution >= 0.6 is 11.6 Å². The molecule has 0 unspecified atom stereocenters. The first-order valence-electron chi connectivity index (χ1n) is 4.68. The van der Waals surface area contributed by atoms with Crippen LogP contribution in [-0.4, -0.2) is 27.9 Å². The van der Waals surface area contributed by atoms with Gasteiger partial charge in [-0.25, -0.2) is 8.42 Å². The largest absolute Gasteiger partial charge is 0.398 e. The van der Waals surface area contributed by atoms with Gasteiger partial charge in [-0.15, -0.1) is 0 Å². The van der Waals surface area contributed by atoms with Crippen LogP contribution in [0, 0.1) is 0 Å². The van der Waals surface area contributed by atoms with Gasteiger partial charge >= 0.3 is 0 Å². The molecule has 0 aromatic heterocycles. The number of ether oxygens (including phenoxy) is 1. The first-order chi connectivity index (χ1) is 7.44. The highest BCUT2D eigenvalue weighted by Gasteiger charge is 2.13. The summed E-state index contributed by atoms with van der Waals surface area (Å²) in [4.78, 5) is 0. The Morgan fingerprint density at radius 1 is 1.44 bits per heavy atom. The third kappa shape index (κ3) is 4.00. The lowest BCUT2D eigenvalue weighted by atomic mass is 10.2. The van der Waals surface area contributed by atoms with Gasteiger partial charge in [0.1, 0.15) is 0 Å². The van der Waals surface area contributed by atoms with Crippen LogP contribution in [0.5, 0.6) is 0 Å². The standard InChI is InChI=1S/C10H14ClNO3S/c1-15-4-5-16(13,14)7-8-6-9(11)2-3-10(8)12/h2-3,6H,4-5,7,12H2,1H3. The third-order valence-corrected chi connectivity index (χ3v) is 3.85. The van der Waals surface area contributed by atoms with Crippen molar-refractivity contribution in [3.8, 4) is 0 Å². The monoisotopic (exact) mass is 263 g/mol. The zero-order valence-corrected chi connectivity index (χ0v) is 10.5. The Balaban J connectivity index is 2.83. The van der Waals surface area contributed by atoms with Gasteiger partial charge in [-0.05, 0) is 23.8 Å². The van der Waals surface area contributed by atoms with Gasteiger partial charge in [-0.1, -0.05) is 11.6 Å². The maximum Gasteiger partial charge on any atom is 0.156 e. The van der Waals surface area contributed by atoms with Crippen molar-refractivity contribution < 1.29 is 13.2 Å². The lowest BCUT2D eigenvalue weighted by Crippen LogP contribution is -2.14. The Hall–Kier alpha value is -0.780. The summed E-state index contributed by atoms with van der Waals surface area (Å²) in [5, 5.41) is 0.478. The molecular formula is C10H14ClNO3S. The number of halogens is 1. The molecular weight excluding hydrogens is 250 g/mol. The van der Waals surface area contributed by atoms with E-state index in [1.807, 2.05) is 0 Å². The summed E-state index contributed by atoms with van der Waals surface area (Å²) < 4.78 is 28.0. The van der Waals surface area contributed by atoms with Crippen molar-refractivity contribution in [3.63, 3.8) is 0 Å². The molecule has 90 valence electrons. The summed E-state index contributed by atoms with van der Waals surface area (Å²) in [7, 11) is -1.74. The van der Waals surface area contributed by atoms with Crippen molar-refractivity contribution in [1.82, 2.24) is 0 Å². The minimum Gasteiger partial charge on any atom is -0.398 e. The molecule has 0 atom stereocenters. The first-order valence-corrected chi connectivity index (χ1v) is 6.88. The van der Waals surface area contributed by atoms with Crippen LogP contribution in [0.15, 0.2) is 18.2 Å². The van der Waals surface area contributed by atoms with Crippen LogP contribution in [0.25, 0.3) is 0 Å². The minimum absolute atomic E-state index is 0.0184. The summed E-state index contributed by atoms with van der Waals surface area (Å²) in [6.07, 6.45) is 0. The normalized spacial score (nSPS) is 11.6. The summed E-state index contributed by atoms with van der Waals surface area (Å²) in [5.41, 5.74) is 6.64. The van der Waals surface area contributed by atoms with Crippen molar-refractivity contribution in [2.75, 3.05) is 25.2 Å². The van der Waals surface area contributed by atoms with E-state index in [1.54, 1.807) is 18.2 Å². The molecule has 0 aliphatic rings. The lowest BCUT2D eigenvalue weighted by molar-refractivity contribution is 0.217. The highest BCUT2D eigenvalue weighted by molar-refractivity contribution is 7.90. The molecule has 2 N–H and O–H groups in total. The Labute approximate surface area is 100 Å². The molecule has 0 saturated heterocycles. The van der Waals surface area contributed by atoms with E-state index in [4.69, 9.17) is 22.1 Å². The number of hydrogen-bond acceptors (Lipinski definition) is 4. The summed E-state index contributed by atoms with van der Waals surface area (Å²) in [6.45, 7) is 0.183. The van der Waals surface area contributed by atoms with E-state index in [0.29, 0.717) is 16.3 Å². The van der Waals surface area contributed by atoms with Crippen molar-refractivity contribution in [3.05, 3.63) is 28.8 Å². The van der Waals surface area contributed by atoms with Gasteiger partial charge in [0, 0.05) is 17.8 Å². The second kappa shape index (κ2) is 5.52. The van der Waals surface area contributed by atoms with Gasteiger partial charge in [0.25, 0.3) is 0 Å². The zero-order valence-electron chi connectivity index (χ0n) is 8.94. The van der Waals surface area contributed by atoms with E-state index in [2.05, 4.69) is 0 Å².